The minimum absolute atomic E-state index is 0.0332. The molecule has 2 aliphatic rings. The fourth-order valence-corrected chi connectivity index (χ4v) is 4.09. The number of ether oxygens (including phenoxy) is 2. The van der Waals surface area contributed by atoms with Gasteiger partial charge in [0.05, 0.1) is 39.5 Å². The number of nitrogens with zero attached hydrogens (tertiary/aromatic N) is 2. The van der Waals surface area contributed by atoms with E-state index in [-0.39, 0.29) is 17.9 Å². The second-order valence-electron chi connectivity index (χ2n) is 7.99. The molecule has 4 rings (SSSR count). The molecule has 1 fully saturated rings. The summed E-state index contributed by atoms with van der Waals surface area (Å²) in [5, 5.41) is 9.86. The smallest absolute Gasteiger partial charge is 0.410 e. The summed E-state index contributed by atoms with van der Waals surface area (Å²) < 4.78 is 52.8. The summed E-state index contributed by atoms with van der Waals surface area (Å²) in [7, 11) is 1.53. The van der Waals surface area contributed by atoms with E-state index in [9.17, 15) is 18.0 Å². The van der Waals surface area contributed by atoms with Crippen molar-refractivity contribution in [3.8, 4) is 5.75 Å². The number of quaternary nitrogens is 1. The first-order valence-corrected chi connectivity index (χ1v) is 10.6. The van der Waals surface area contributed by atoms with Crippen molar-refractivity contribution in [2.75, 3.05) is 51.8 Å². The van der Waals surface area contributed by atoms with Gasteiger partial charge in [-0.2, -0.15) is 18.3 Å². The van der Waals surface area contributed by atoms with Gasteiger partial charge in [0.1, 0.15) is 24.7 Å². The van der Waals surface area contributed by atoms with Gasteiger partial charge < -0.3 is 25.0 Å². The van der Waals surface area contributed by atoms with Crippen molar-refractivity contribution >= 4 is 11.7 Å². The lowest BCUT2D eigenvalue weighted by Crippen LogP contribution is -3.14. The van der Waals surface area contributed by atoms with Gasteiger partial charge in [-0.15, -0.1) is 0 Å². The molecule has 0 aliphatic carbocycles. The number of carbonyl (C=O) groups excluding carboxylic acids is 1. The monoisotopic (exact) mass is 454 g/mol. The zero-order valence-electron chi connectivity index (χ0n) is 17.7. The second-order valence-corrected chi connectivity index (χ2v) is 7.99. The number of amides is 1. The summed E-state index contributed by atoms with van der Waals surface area (Å²) in [5.74, 6) is 0.312. The minimum atomic E-state index is -4.50. The quantitative estimate of drug-likeness (QED) is 0.611. The maximum atomic E-state index is 13.8. The molecule has 2 aliphatic heterocycles. The number of nitrogens with one attached hydrogen (secondary N) is 3. The number of anilines is 1. The number of methoxy groups -OCH3 is 1. The highest BCUT2D eigenvalue weighted by molar-refractivity contribution is 5.93. The molecule has 174 valence electrons. The Morgan fingerprint density at radius 1 is 1.31 bits per heavy atom. The predicted molar refractivity (Wildman–Crippen MR) is 110 cm³/mol. The molecule has 1 amide bonds. The highest BCUT2D eigenvalue weighted by atomic mass is 19.4. The third-order valence-corrected chi connectivity index (χ3v) is 5.90. The third-order valence-electron chi connectivity index (χ3n) is 5.90. The number of hydrogen-bond acceptors (Lipinski definition) is 5. The topological polar surface area (TPSA) is 81.9 Å². The number of benzene rings is 1. The first-order chi connectivity index (χ1) is 15.3. The molecule has 32 heavy (non-hydrogen) atoms. The van der Waals surface area contributed by atoms with E-state index in [1.54, 1.807) is 24.3 Å². The van der Waals surface area contributed by atoms with Crippen LogP contribution in [0, 0.1) is 0 Å². The Hall–Kier alpha value is -2.79. The fraction of sp³-hybridized carbons (Fsp3) is 0.524. The zero-order chi connectivity index (χ0) is 22.7. The maximum absolute atomic E-state index is 13.8. The van der Waals surface area contributed by atoms with Gasteiger partial charge in [-0.25, -0.2) is 4.68 Å². The number of morpholine rings is 1. The summed E-state index contributed by atoms with van der Waals surface area (Å²) in [6.07, 6.45) is -4.73. The zero-order valence-corrected chi connectivity index (χ0v) is 17.7. The Kier molecular flexibility index (Phi) is 6.56. The van der Waals surface area contributed by atoms with Crippen LogP contribution in [0.2, 0.25) is 0 Å². The SMILES string of the molecule is COc1ccc(C2CC(C(F)(F)F)n3nc(C(=O)NCC[NH+]4CCOCC4)cc3N2)cc1. The average Bonchev–Trinajstić information content (AvgIpc) is 3.23. The first-order valence-electron chi connectivity index (χ1n) is 10.6. The van der Waals surface area contributed by atoms with Crippen LogP contribution in [0.15, 0.2) is 30.3 Å². The summed E-state index contributed by atoms with van der Waals surface area (Å²) in [5.41, 5.74) is 0.668. The van der Waals surface area contributed by atoms with E-state index in [0.717, 1.165) is 24.3 Å². The molecule has 1 aromatic carbocycles. The Morgan fingerprint density at radius 2 is 2.03 bits per heavy atom. The highest BCUT2D eigenvalue weighted by Gasteiger charge is 2.46. The molecule has 11 heteroatoms. The summed E-state index contributed by atoms with van der Waals surface area (Å²) in [4.78, 5) is 13.9. The maximum Gasteiger partial charge on any atom is 0.410 e. The van der Waals surface area contributed by atoms with Gasteiger partial charge in [0.2, 0.25) is 0 Å². The average molecular weight is 454 g/mol. The van der Waals surface area contributed by atoms with E-state index >= 15 is 0 Å². The molecular weight excluding hydrogens is 427 g/mol. The van der Waals surface area contributed by atoms with Crippen LogP contribution in [0.25, 0.3) is 0 Å². The van der Waals surface area contributed by atoms with Crippen LogP contribution in [0.3, 0.4) is 0 Å². The molecule has 3 heterocycles. The van der Waals surface area contributed by atoms with Crippen molar-refractivity contribution in [3.05, 3.63) is 41.6 Å². The number of alkyl halides is 3. The number of hydrogen-bond donors (Lipinski definition) is 3. The molecule has 0 bridgehead atoms. The second kappa shape index (κ2) is 9.37. The Balaban J connectivity index is 1.47. The molecule has 2 aromatic rings. The molecule has 0 saturated carbocycles. The summed E-state index contributed by atoms with van der Waals surface area (Å²) in [6, 6.07) is 5.87. The van der Waals surface area contributed by atoms with Crippen LogP contribution in [-0.2, 0) is 4.74 Å². The number of fused-ring (bicyclic) bond motifs is 1. The van der Waals surface area contributed by atoms with Gasteiger partial charge in [-0.1, -0.05) is 12.1 Å². The van der Waals surface area contributed by atoms with Crippen molar-refractivity contribution in [1.82, 2.24) is 15.1 Å². The number of carbonyl (C=O) groups is 1. The number of halogens is 3. The van der Waals surface area contributed by atoms with Crippen LogP contribution in [0.5, 0.6) is 5.75 Å². The lowest BCUT2D eigenvalue weighted by molar-refractivity contribution is -0.906. The van der Waals surface area contributed by atoms with E-state index in [0.29, 0.717) is 31.1 Å². The lowest BCUT2D eigenvalue weighted by atomic mass is 9.97. The van der Waals surface area contributed by atoms with Gasteiger partial charge in [0.25, 0.3) is 5.91 Å². The van der Waals surface area contributed by atoms with E-state index in [2.05, 4.69) is 15.7 Å². The molecule has 1 aromatic heterocycles. The summed E-state index contributed by atoms with van der Waals surface area (Å²) in [6.45, 7) is 4.28. The van der Waals surface area contributed by atoms with Gasteiger partial charge in [-0.3, -0.25) is 4.79 Å². The predicted octanol–water partition coefficient (Wildman–Crippen LogP) is 1.20. The minimum Gasteiger partial charge on any atom is -0.497 e. The van der Waals surface area contributed by atoms with Crippen molar-refractivity contribution in [3.63, 3.8) is 0 Å². The van der Waals surface area contributed by atoms with E-state index in [1.807, 2.05) is 0 Å². The molecular formula is C21H27F3N5O3+. The molecule has 3 N–H and O–H groups in total. The highest BCUT2D eigenvalue weighted by Crippen LogP contribution is 2.43. The van der Waals surface area contributed by atoms with E-state index < -0.39 is 24.2 Å². The van der Waals surface area contributed by atoms with Crippen LogP contribution < -0.4 is 20.3 Å². The first kappa shape index (κ1) is 22.4. The van der Waals surface area contributed by atoms with E-state index in [4.69, 9.17) is 9.47 Å². The Labute approximate surface area is 183 Å². The van der Waals surface area contributed by atoms with Crippen molar-refractivity contribution in [2.24, 2.45) is 0 Å². The van der Waals surface area contributed by atoms with Crippen molar-refractivity contribution in [2.45, 2.75) is 24.7 Å². The van der Waals surface area contributed by atoms with Crippen molar-refractivity contribution < 1.29 is 32.3 Å². The largest absolute Gasteiger partial charge is 0.497 e. The number of rotatable bonds is 6. The van der Waals surface area contributed by atoms with Gasteiger partial charge in [-0.05, 0) is 17.7 Å². The molecule has 1 saturated heterocycles. The third kappa shape index (κ3) is 4.99. The van der Waals surface area contributed by atoms with Gasteiger partial charge in [0.15, 0.2) is 11.7 Å². The van der Waals surface area contributed by atoms with Gasteiger partial charge in [0, 0.05) is 12.5 Å². The van der Waals surface area contributed by atoms with Crippen LogP contribution in [0.1, 0.15) is 34.6 Å². The van der Waals surface area contributed by atoms with Crippen LogP contribution in [0.4, 0.5) is 19.0 Å². The van der Waals surface area contributed by atoms with E-state index in [1.165, 1.54) is 18.1 Å². The summed E-state index contributed by atoms with van der Waals surface area (Å²) >= 11 is 0. The Bertz CT molecular complexity index is 926. The normalized spacial score (nSPS) is 21.5. The molecule has 2 unspecified atom stereocenters. The Morgan fingerprint density at radius 3 is 2.69 bits per heavy atom. The van der Waals surface area contributed by atoms with Crippen molar-refractivity contribution in [1.29, 1.82) is 0 Å². The van der Waals surface area contributed by atoms with Crippen LogP contribution >= 0.6 is 0 Å². The molecule has 0 radical (unpaired) electrons. The van der Waals surface area contributed by atoms with Crippen LogP contribution in [-0.4, -0.2) is 68.4 Å². The fourth-order valence-electron chi connectivity index (χ4n) is 4.09. The molecule has 8 nitrogen and oxygen atoms in total. The van der Waals surface area contributed by atoms with Gasteiger partial charge >= 0.3 is 6.18 Å². The molecule has 0 spiro atoms. The standard InChI is InChI=1S/C21H26F3N5O3/c1-31-15-4-2-14(3-5-15)16-12-18(21(22,23)24)29-19(26-16)13-17(27-29)20(30)25-6-7-28-8-10-32-11-9-28/h2-5,13,16,18,26H,6-12H2,1H3,(H,25,30)/p+1. The molecule has 2 atom stereocenters. The lowest BCUT2D eigenvalue weighted by Gasteiger charge is -2.33. The number of aromatic nitrogens is 2.